The molecule has 0 aliphatic rings. The summed E-state index contributed by atoms with van der Waals surface area (Å²) >= 11 is 0. The molecular formula is C53H75N9O9. The van der Waals surface area contributed by atoms with Gasteiger partial charge in [0.25, 0.3) is 11.8 Å². The van der Waals surface area contributed by atoms with Crippen molar-refractivity contribution in [3.63, 3.8) is 0 Å². The molecule has 0 saturated heterocycles. The van der Waals surface area contributed by atoms with Crippen LogP contribution in [0.4, 0.5) is 0 Å². The quantitative estimate of drug-likeness (QED) is 0.0410. The van der Waals surface area contributed by atoms with E-state index < -0.39 is 23.9 Å². The van der Waals surface area contributed by atoms with E-state index in [9.17, 15) is 19.2 Å². The Bertz CT molecular complexity index is 2520. The van der Waals surface area contributed by atoms with Crippen molar-refractivity contribution in [3.8, 4) is 45.5 Å². The minimum atomic E-state index is -0.497. The summed E-state index contributed by atoms with van der Waals surface area (Å²) in [5, 5.41) is 21.6. The first-order valence-corrected chi connectivity index (χ1v) is 24.5. The number of ether oxygens (including phenoxy) is 4. The van der Waals surface area contributed by atoms with Gasteiger partial charge >= 0.3 is 0 Å². The molecule has 18 nitrogen and oxygen atoms in total. The lowest BCUT2D eigenvalue weighted by atomic mass is 10.00. The number of oxazole rings is 1. The van der Waals surface area contributed by atoms with Crippen LogP contribution in [0.15, 0.2) is 59.3 Å². The zero-order valence-corrected chi connectivity index (χ0v) is 44.0. The smallest absolute Gasteiger partial charge is 0.272 e. The van der Waals surface area contributed by atoms with Gasteiger partial charge in [0.1, 0.15) is 29.3 Å². The van der Waals surface area contributed by atoms with E-state index in [1.165, 1.54) is 12.5 Å². The standard InChI is InChI=1S/C53H75N9O9/c1-30(2)20-37(57-52(65)39-26-41(61(59-39)34(9)32(5)6)50-43(67-11)16-15-17-44(50)68-12)24-47(63)55-28-36-22-45(69-13)51(46(23-36)70-14)42-27-40(60-62(42)35(10)33(7)8)53(66)58-38(21-31(3)4)25-48(64)56-29-49-54-18-19-71-49/h15-19,22-23,26-27,30-35,37-38H,20-21,24-25,28-29H2,1-14H3,(H,55,63)(H,56,64)(H,57,65)(H,58,66)/t34?,35?,37?,38-/m0/s1. The molecule has 18 heteroatoms. The molecule has 0 bridgehead atoms. The fourth-order valence-electron chi connectivity index (χ4n) is 8.34. The van der Waals surface area contributed by atoms with Gasteiger partial charge in [0.15, 0.2) is 11.4 Å². The molecule has 5 aromatic rings. The van der Waals surface area contributed by atoms with Crippen molar-refractivity contribution in [3.05, 3.63) is 77.8 Å². The highest BCUT2D eigenvalue weighted by Crippen LogP contribution is 2.42. The monoisotopic (exact) mass is 982 g/mol. The van der Waals surface area contributed by atoms with Gasteiger partial charge < -0.3 is 44.6 Å². The summed E-state index contributed by atoms with van der Waals surface area (Å²) in [4.78, 5) is 58.8. The predicted molar refractivity (Wildman–Crippen MR) is 271 cm³/mol. The van der Waals surface area contributed by atoms with E-state index in [2.05, 4.69) is 60.9 Å². The van der Waals surface area contributed by atoms with Crippen LogP contribution in [0.5, 0.6) is 23.0 Å². The number of nitrogens with zero attached hydrogens (tertiary/aromatic N) is 5. The lowest BCUT2D eigenvalue weighted by Gasteiger charge is -2.22. The van der Waals surface area contributed by atoms with Gasteiger partial charge in [0.05, 0.1) is 75.8 Å². The van der Waals surface area contributed by atoms with Crippen molar-refractivity contribution in [1.82, 2.24) is 45.8 Å². The Morgan fingerprint density at radius 2 is 1.01 bits per heavy atom. The molecule has 0 aliphatic heterocycles. The number of carbonyl (C=O) groups excluding carboxylic acids is 4. The first-order chi connectivity index (χ1) is 33.8. The lowest BCUT2D eigenvalue weighted by molar-refractivity contribution is -0.122. The zero-order valence-electron chi connectivity index (χ0n) is 44.0. The molecule has 3 unspecified atom stereocenters. The highest BCUT2D eigenvalue weighted by molar-refractivity contribution is 5.95. The van der Waals surface area contributed by atoms with Crippen LogP contribution in [0, 0.1) is 23.7 Å². The largest absolute Gasteiger partial charge is 0.496 e. The van der Waals surface area contributed by atoms with Gasteiger partial charge in [-0.2, -0.15) is 10.2 Å². The molecule has 0 fully saturated rings. The summed E-state index contributed by atoms with van der Waals surface area (Å²) in [7, 11) is 6.28. The number of rotatable bonds is 26. The number of hydrogen-bond acceptors (Lipinski definition) is 12. The molecule has 0 radical (unpaired) electrons. The highest BCUT2D eigenvalue weighted by Gasteiger charge is 2.30. The third-order valence-corrected chi connectivity index (χ3v) is 12.6. The van der Waals surface area contributed by atoms with Crippen molar-refractivity contribution in [2.75, 3.05) is 28.4 Å². The maximum atomic E-state index is 14.1. The highest BCUT2D eigenvalue weighted by atomic mass is 16.5. The Morgan fingerprint density at radius 3 is 1.39 bits per heavy atom. The average Bonchev–Trinajstić information content (AvgIpc) is 4.12. The number of methoxy groups -OCH3 is 4. The van der Waals surface area contributed by atoms with Crippen LogP contribution < -0.4 is 40.2 Å². The molecule has 3 heterocycles. The van der Waals surface area contributed by atoms with Crippen LogP contribution in [0.3, 0.4) is 0 Å². The van der Waals surface area contributed by atoms with Crippen LogP contribution in [0.25, 0.3) is 22.5 Å². The molecule has 4 atom stereocenters. The van der Waals surface area contributed by atoms with Crippen molar-refractivity contribution >= 4 is 23.6 Å². The molecule has 3 aromatic heterocycles. The van der Waals surface area contributed by atoms with Gasteiger partial charge in [-0.3, -0.25) is 28.5 Å². The van der Waals surface area contributed by atoms with Gasteiger partial charge in [-0.25, -0.2) is 4.98 Å². The molecule has 0 spiro atoms. The van der Waals surface area contributed by atoms with Crippen LogP contribution in [-0.4, -0.2) is 88.7 Å². The van der Waals surface area contributed by atoms with E-state index in [4.69, 9.17) is 33.6 Å². The van der Waals surface area contributed by atoms with Gasteiger partial charge in [0, 0.05) is 31.5 Å². The van der Waals surface area contributed by atoms with Crippen LogP contribution in [-0.2, 0) is 22.7 Å². The fraction of sp³-hybridized carbons (Fsp3) is 0.528. The first kappa shape index (κ1) is 55.1. The van der Waals surface area contributed by atoms with E-state index in [1.807, 2.05) is 69.6 Å². The third kappa shape index (κ3) is 14.4. The van der Waals surface area contributed by atoms with E-state index in [0.29, 0.717) is 69.8 Å². The Balaban J connectivity index is 1.35. The number of carbonyl (C=O) groups is 4. The molecule has 5 rings (SSSR count). The van der Waals surface area contributed by atoms with Crippen molar-refractivity contribution < 1.29 is 42.5 Å². The second-order valence-electron chi connectivity index (χ2n) is 19.6. The molecule has 2 aromatic carbocycles. The second-order valence-corrected chi connectivity index (χ2v) is 19.6. The van der Waals surface area contributed by atoms with E-state index in [-0.39, 0.29) is 84.9 Å². The number of nitrogens with one attached hydrogen (secondary N) is 4. The summed E-state index contributed by atoms with van der Waals surface area (Å²) in [5.74, 6) is 1.79. The predicted octanol–water partition coefficient (Wildman–Crippen LogP) is 8.57. The Hall–Kier alpha value is -6.85. The Kier molecular flexibility index (Phi) is 19.6. The average molecular weight is 982 g/mol. The minimum absolute atomic E-state index is 0.0226. The van der Waals surface area contributed by atoms with Crippen molar-refractivity contribution in [2.24, 2.45) is 23.7 Å². The summed E-state index contributed by atoms with van der Waals surface area (Å²) in [6, 6.07) is 11.4. The molecule has 4 amide bonds. The maximum Gasteiger partial charge on any atom is 0.272 e. The topological polar surface area (TPSA) is 215 Å². The molecule has 0 aliphatic carbocycles. The maximum absolute atomic E-state index is 14.1. The minimum Gasteiger partial charge on any atom is -0.496 e. The van der Waals surface area contributed by atoms with E-state index in [1.54, 1.807) is 45.3 Å². The number of hydrogen-bond donors (Lipinski definition) is 4. The summed E-state index contributed by atoms with van der Waals surface area (Å²) in [6.45, 7) is 20.8. The third-order valence-electron chi connectivity index (χ3n) is 12.6. The van der Waals surface area contributed by atoms with E-state index in [0.717, 1.165) is 0 Å². The fourth-order valence-corrected chi connectivity index (χ4v) is 8.34. The first-order valence-electron chi connectivity index (χ1n) is 24.5. The normalized spacial score (nSPS) is 13.2. The molecule has 71 heavy (non-hydrogen) atoms. The molecule has 0 saturated carbocycles. The number of benzene rings is 2. The molecular weight excluding hydrogens is 907 g/mol. The Morgan fingerprint density at radius 1 is 0.592 bits per heavy atom. The number of amides is 4. The summed E-state index contributed by atoms with van der Waals surface area (Å²) in [6.07, 6.45) is 4.14. The number of aromatic nitrogens is 5. The van der Waals surface area contributed by atoms with Crippen LogP contribution in [0.2, 0.25) is 0 Å². The van der Waals surface area contributed by atoms with Gasteiger partial charge in [-0.15, -0.1) is 0 Å². The molecule has 386 valence electrons. The summed E-state index contributed by atoms with van der Waals surface area (Å²) < 4.78 is 32.3. The van der Waals surface area contributed by atoms with Crippen LogP contribution in [0.1, 0.15) is 139 Å². The SMILES string of the molecule is COc1cccc(OC)c1-c1cc(C(=O)NC(CC(=O)NCc2cc(OC)c(-c3cc(C(=O)N[C@H](CC(=O)NCc4ncco4)CC(C)C)nn3C(C)C(C)C)c(OC)c2)CC(C)C)nn1C(C)C(C)C. The van der Waals surface area contributed by atoms with E-state index >= 15 is 0 Å². The summed E-state index contributed by atoms with van der Waals surface area (Å²) in [5.41, 5.74) is 3.60. The second kappa shape index (κ2) is 25.3. The zero-order chi connectivity index (χ0) is 52.1. The Labute approximate surface area is 418 Å². The molecule has 4 N–H and O–H groups in total. The van der Waals surface area contributed by atoms with Crippen LogP contribution >= 0.6 is 0 Å². The lowest BCUT2D eigenvalue weighted by Crippen LogP contribution is -2.40. The van der Waals surface area contributed by atoms with Gasteiger partial charge in [-0.1, -0.05) is 61.5 Å². The van der Waals surface area contributed by atoms with Gasteiger partial charge in [0.2, 0.25) is 17.7 Å². The van der Waals surface area contributed by atoms with Crippen molar-refractivity contribution in [1.29, 1.82) is 0 Å². The van der Waals surface area contributed by atoms with Crippen molar-refractivity contribution in [2.45, 2.75) is 132 Å². The van der Waals surface area contributed by atoms with Gasteiger partial charge in [-0.05, 0) is 92.3 Å².